The molecule has 22 heavy (non-hydrogen) atoms. The fourth-order valence-corrected chi connectivity index (χ4v) is 3.68. The van der Waals surface area contributed by atoms with Gasteiger partial charge in [0, 0.05) is 0 Å². The molecule has 110 valence electrons. The van der Waals surface area contributed by atoms with E-state index in [1.165, 1.54) is 16.5 Å². The molecule has 1 atom stereocenters. The van der Waals surface area contributed by atoms with Crippen LogP contribution in [0.4, 0.5) is 0 Å². The predicted molar refractivity (Wildman–Crippen MR) is 91.9 cm³/mol. The molecule has 0 radical (unpaired) electrons. The van der Waals surface area contributed by atoms with Crippen LogP contribution in [0.25, 0.3) is 10.8 Å². The summed E-state index contributed by atoms with van der Waals surface area (Å²) in [5, 5.41) is 14.2. The number of rotatable bonds is 2. The fraction of sp³-hybridized carbons (Fsp3) is 0.158. The summed E-state index contributed by atoms with van der Waals surface area (Å²) in [5.41, 5.74) is 4.42. The van der Waals surface area contributed by atoms with Gasteiger partial charge in [0.1, 0.15) is 6.10 Å². The van der Waals surface area contributed by atoms with E-state index < -0.39 is 6.10 Å². The predicted octanol–water partition coefficient (Wildman–Crippen LogP) is 5.33. The van der Waals surface area contributed by atoms with Crippen LogP contribution in [-0.4, -0.2) is 5.11 Å². The van der Waals surface area contributed by atoms with Crippen LogP contribution in [0.15, 0.2) is 48.5 Å². The summed E-state index contributed by atoms with van der Waals surface area (Å²) >= 11 is 12.0. The molecule has 0 saturated heterocycles. The van der Waals surface area contributed by atoms with E-state index in [0.29, 0.717) is 10.0 Å². The molecule has 0 fully saturated rings. The first-order chi connectivity index (χ1) is 10.6. The van der Waals surface area contributed by atoms with Crippen molar-refractivity contribution >= 4 is 34.0 Å². The molecule has 0 aliphatic heterocycles. The Kier molecular flexibility index (Phi) is 3.37. The molecule has 0 bridgehead atoms. The highest BCUT2D eigenvalue weighted by Crippen LogP contribution is 2.37. The van der Waals surface area contributed by atoms with E-state index in [4.69, 9.17) is 23.2 Å². The molecule has 1 N–H and O–H groups in total. The SMILES string of the molecule is OC(c1ccc(Cl)c(Cl)c1)c1ccc2c3c(cccc13)CC2. The second-order valence-corrected chi connectivity index (χ2v) is 6.54. The number of halogens is 2. The van der Waals surface area contributed by atoms with Crippen LogP contribution in [0.2, 0.25) is 10.0 Å². The highest BCUT2D eigenvalue weighted by Gasteiger charge is 2.20. The molecule has 1 nitrogen and oxygen atoms in total. The van der Waals surface area contributed by atoms with Gasteiger partial charge >= 0.3 is 0 Å². The average Bonchev–Trinajstić information content (AvgIpc) is 2.95. The zero-order valence-electron chi connectivity index (χ0n) is 11.8. The number of benzene rings is 3. The molecule has 0 saturated carbocycles. The van der Waals surface area contributed by atoms with Crippen molar-refractivity contribution < 1.29 is 5.11 Å². The second-order valence-electron chi connectivity index (χ2n) is 5.73. The number of aryl methyl sites for hydroxylation is 2. The fourth-order valence-electron chi connectivity index (χ4n) is 3.37. The zero-order valence-corrected chi connectivity index (χ0v) is 13.3. The number of aliphatic hydroxyl groups is 1. The van der Waals surface area contributed by atoms with Crippen molar-refractivity contribution in [3.8, 4) is 0 Å². The summed E-state index contributed by atoms with van der Waals surface area (Å²) in [6, 6.07) is 15.8. The molecule has 1 unspecified atom stereocenters. The van der Waals surface area contributed by atoms with Crippen LogP contribution >= 0.6 is 23.2 Å². The van der Waals surface area contributed by atoms with Crippen molar-refractivity contribution in [1.82, 2.24) is 0 Å². The molecule has 0 spiro atoms. The third-order valence-electron chi connectivity index (χ3n) is 4.46. The Morgan fingerprint density at radius 1 is 0.864 bits per heavy atom. The molecule has 3 aromatic rings. The lowest BCUT2D eigenvalue weighted by Crippen LogP contribution is -2.01. The van der Waals surface area contributed by atoms with Gasteiger partial charge in [0.25, 0.3) is 0 Å². The molecule has 1 aliphatic rings. The van der Waals surface area contributed by atoms with Crippen molar-refractivity contribution in [2.24, 2.45) is 0 Å². The van der Waals surface area contributed by atoms with E-state index in [1.54, 1.807) is 12.1 Å². The lowest BCUT2D eigenvalue weighted by atomic mass is 9.93. The highest BCUT2D eigenvalue weighted by molar-refractivity contribution is 6.42. The highest BCUT2D eigenvalue weighted by atomic mass is 35.5. The minimum atomic E-state index is -0.709. The average molecular weight is 329 g/mol. The zero-order chi connectivity index (χ0) is 15.3. The van der Waals surface area contributed by atoms with Crippen molar-refractivity contribution in [3.05, 3.63) is 80.8 Å². The molecule has 3 heteroatoms. The first-order valence-electron chi connectivity index (χ1n) is 7.31. The maximum absolute atomic E-state index is 10.8. The summed E-state index contributed by atoms with van der Waals surface area (Å²) in [5.74, 6) is 0. The van der Waals surface area contributed by atoms with Crippen molar-refractivity contribution in [2.75, 3.05) is 0 Å². The minimum absolute atomic E-state index is 0.462. The third-order valence-corrected chi connectivity index (χ3v) is 5.20. The van der Waals surface area contributed by atoms with Gasteiger partial charge in [-0.1, -0.05) is 59.6 Å². The van der Waals surface area contributed by atoms with E-state index in [-0.39, 0.29) is 0 Å². The van der Waals surface area contributed by atoms with E-state index in [0.717, 1.165) is 29.4 Å². The monoisotopic (exact) mass is 328 g/mol. The van der Waals surface area contributed by atoms with Gasteiger partial charge < -0.3 is 5.11 Å². The van der Waals surface area contributed by atoms with Gasteiger partial charge in [-0.3, -0.25) is 0 Å². The molecule has 0 heterocycles. The van der Waals surface area contributed by atoms with Crippen LogP contribution in [0.1, 0.15) is 28.4 Å². The minimum Gasteiger partial charge on any atom is -0.384 e. The first kappa shape index (κ1) is 14.1. The lowest BCUT2D eigenvalue weighted by molar-refractivity contribution is 0.222. The topological polar surface area (TPSA) is 20.2 Å². The summed E-state index contributed by atoms with van der Waals surface area (Å²) < 4.78 is 0. The van der Waals surface area contributed by atoms with Crippen molar-refractivity contribution in [2.45, 2.75) is 18.9 Å². The number of hydrogen-bond acceptors (Lipinski definition) is 1. The third kappa shape index (κ3) is 2.13. The van der Waals surface area contributed by atoms with E-state index in [1.807, 2.05) is 12.1 Å². The van der Waals surface area contributed by atoms with E-state index >= 15 is 0 Å². The van der Waals surface area contributed by atoms with Gasteiger partial charge in [-0.15, -0.1) is 0 Å². The molecular weight excluding hydrogens is 315 g/mol. The first-order valence-corrected chi connectivity index (χ1v) is 8.07. The maximum atomic E-state index is 10.8. The summed E-state index contributed by atoms with van der Waals surface area (Å²) in [6.45, 7) is 0. The summed E-state index contributed by atoms with van der Waals surface area (Å²) in [6.07, 6.45) is 1.46. The molecule has 1 aliphatic carbocycles. The van der Waals surface area contributed by atoms with Gasteiger partial charge in [-0.05, 0) is 58.0 Å². The van der Waals surface area contributed by atoms with Gasteiger partial charge in [0.2, 0.25) is 0 Å². The normalized spacial score (nSPS) is 14.5. The van der Waals surface area contributed by atoms with Crippen LogP contribution in [0.5, 0.6) is 0 Å². The van der Waals surface area contributed by atoms with Crippen LogP contribution in [-0.2, 0) is 12.8 Å². The molecule has 0 aromatic heterocycles. The quantitative estimate of drug-likeness (QED) is 0.674. The van der Waals surface area contributed by atoms with Gasteiger partial charge in [0.05, 0.1) is 10.0 Å². The van der Waals surface area contributed by atoms with Crippen molar-refractivity contribution in [1.29, 1.82) is 0 Å². The van der Waals surface area contributed by atoms with Crippen molar-refractivity contribution in [3.63, 3.8) is 0 Å². The molecule has 0 amide bonds. The van der Waals surface area contributed by atoms with Crippen LogP contribution in [0, 0.1) is 0 Å². The Bertz CT molecular complexity index is 876. The second kappa shape index (κ2) is 5.27. The van der Waals surface area contributed by atoms with Gasteiger partial charge in [-0.25, -0.2) is 0 Å². The van der Waals surface area contributed by atoms with Gasteiger partial charge in [0.15, 0.2) is 0 Å². The molecule has 4 rings (SSSR count). The standard InChI is InChI=1S/C19H14Cl2O/c20-16-9-7-13(10-17(16)21)19(22)15-8-6-12-5-4-11-2-1-3-14(15)18(11)12/h1-3,6-10,19,22H,4-5H2. The Labute approximate surface area is 139 Å². The Balaban J connectivity index is 1.89. The Morgan fingerprint density at radius 3 is 2.41 bits per heavy atom. The number of hydrogen-bond donors (Lipinski definition) is 1. The van der Waals surface area contributed by atoms with E-state index in [9.17, 15) is 5.11 Å². The largest absolute Gasteiger partial charge is 0.384 e. The Morgan fingerprint density at radius 2 is 1.64 bits per heavy atom. The maximum Gasteiger partial charge on any atom is 0.105 e. The van der Waals surface area contributed by atoms with Crippen LogP contribution in [0.3, 0.4) is 0 Å². The molecular formula is C19H14Cl2O. The summed E-state index contributed by atoms with van der Waals surface area (Å²) in [4.78, 5) is 0. The smallest absolute Gasteiger partial charge is 0.105 e. The molecule has 3 aromatic carbocycles. The van der Waals surface area contributed by atoms with Crippen LogP contribution < -0.4 is 0 Å². The van der Waals surface area contributed by atoms with E-state index in [2.05, 4.69) is 24.3 Å². The Hall–Kier alpha value is -1.54. The lowest BCUT2D eigenvalue weighted by Gasteiger charge is -2.16. The summed E-state index contributed by atoms with van der Waals surface area (Å²) in [7, 11) is 0. The van der Waals surface area contributed by atoms with Gasteiger partial charge in [-0.2, -0.15) is 0 Å². The number of aliphatic hydroxyl groups excluding tert-OH is 1.